The van der Waals surface area contributed by atoms with Gasteiger partial charge in [-0.3, -0.25) is 0 Å². The average Bonchev–Trinajstić information content (AvgIpc) is 2.45. The predicted octanol–water partition coefficient (Wildman–Crippen LogP) is 2.70. The van der Waals surface area contributed by atoms with Crippen molar-refractivity contribution in [1.29, 1.82) is 0 Å². The lowest BCUT2D eigenvalue weighted by Gasteiger charge is -2.19. The van der Waals surface area contributed by atoms with Gasteiger partial charge < -0.3 is 19.7 Å². The van der Waals surface area contributed by atoms with Crippen LogP contribution in [0.2, 0.25) is 0 Å². The average molecular weight is 294 g/mol. The molecule has 0 aliphatic rings. The van der Waals surface area contributed by atoms with E-state index in [-0.39, 0.29) is 6.10 Å². The molecule has 0 aliphatic carbocycles. The van der Waals surface area contributed by atoms with Gasteiger partial charge in [0.05, 0.1) is 12.7 Å². The highest BCUT2D eigenvalue weighted by Gasteiger charge is 2.06. The third-order valence-corrected chi connectivity index (χ3v) is 3.37. The molecule has 0 amide bonds. The third-order valence-electron chi connectivity index (χ3n) is 3.37. The summed E-state index contributed by atoms with van der Waals surface area (Å²) in [7, 11) is 3.85. The van der Waals surface area contributed by atoms with Crippen LogP contribution in [0, 0.1) is 0 Å². The molecular formula is C17H30N2O2. The van der Waals surface area contributed by atoms with Crippen molar-refractivity contribution in [3.63, 3.8) is 0 Å². The summed E-state index contributed by atoms with van der Waals surface area (Å²) in [6.45, 7) is 9.99. The molecule has 1 rings (SSSR count). The number of nitrogens with one attached hydrogen (secondary N) is 1. The van der Waals surface area contributed by atoms with E-state index in [0.29, 0.717) is 6.04 Å². The number of ether oxygens (including phenoxy) is 2. The molecule has 120 valence electrons. The number of likely N-dealkylation sites (N-methyl/N-ethyl adjacent to an activating group) is 1. The van der Waals surface area contributed by atoms with Gasteiger partial charge in [0.2, 0.25) is 0 Å². The second kappa shape index (κ2) is 9.77. The van der Waals surface area contributed by atoms with E-state index in [1.807, 2.05) is 26.0 Å². The normalized spacial score (nSPS) is 12.9. The largest absolute Gasteiger partial charge is 0.491 e. The fraction of sp³-hybridized carbons (Fsp3) is 0.647. The van der Waals surface area contributed by atoms with E-state index in [1.165, 1.54) is 5.56 Å². The zero-order chi connectivity index (χ0) is 15.7. The van der Waals surface area contributed by atoms with Crippen LogP contribution in [-0.2, 0) is 4.74 Å². The van der Waals surface area contributed by atoms with Crippen molar-refractivity contribution < 1.29 is 9.47 Å². The highest BCUT2D eigenvalue weighted by Crippen LogP contribution is 2.18. The first-order valence-corrected chi connectivity index (χ1v) is 7.70. The van der Waals surface area contributed by atoms with Gasteiger partial charge in [0, 0.05) is 32.8 Å². The number of methoxy groups -OCH3 is 1. The zero-order valence-corrected chi connectivity index (χ0v) is 14.1. The van der Waals surface area contributed by atoms with Crippen molar-refractivity contribution >= 4 is 0 Å². The summed E-state index contributed by atoms with van der Waals surface area (Å²) in [4.78, 5) is 2.27. The summed E-state index contributed by atoms with van der Waals surface area (Å²) in [6.07, 6.45) is 0.217. The fourth-order valence-electron chi connectivity index (χ4n) is 2.06. The first-order chi connectivity index (χ1) is 10.0. The van der Waals surface area contributed by atoms with Crippen LogP contribution in [0.3, 0.4) is 0 Å². The van der Waals surface area contributed by atoms with Gasteiger partial charge in [-0.05, 0) is 45.5 Å². The van der Waals surface area contributed by atoms with Gasteiger partial charge in [-0.25, -0.2) is 0 Å². The lowest BCUT2D eigenvalue weighted by molar-refractivity contribution is 0.161. The highest BCUT2D eigenvalue weighted by molar-refractivity contribution is 5.29. The van der Waals surface area contributed by atoms with Crippen molar-refractivity contribution in [2.75, 3.05) is 40.4 Å². The van der Waals surface area contributed by atoms with Crippen LogP contribution in [0.5, 0.6) is 5.75 Å². The number of nitrogens with zero attached hydrogens (tertiary/aromatic N) is 1. The molecule has 4 nitrogen and oxygen atoms in total. The van der Waals surface area contributed by atoms with E-state index in [9.17, 15) is 0 Å². The Kier molecular flexibility index (Phi) is 8.35. The van der Waals surface area contributed by atoms with E-state index in [2.05, 4.69) is 36.3 Å². The minimum absolute atomic E-state index is 0.217. The van der Waals surface area contributed by atoms with Gasteiger partial charge in [0.1, 0.15) is 5.75 Å². The molecule has 0 spiro atoms. The Bertz CT molecular complexity index is 379. The topological polar surface area (TPSA) is 33.7 Å². The molecule has 21 heavy (non-hydrogen) atoms. The highest BCUT2D eigenvalue weighted by atomic mass is 16.5. The molecule has 1 unspecified atom stereocenters. The SMILES string of the molecule is COCCN(C)CCNC(C)c1ccc(OC(C)C)cc1. The van der Waals surface area contributed by atoms with E-state index in [4.69, 9.17) is 9.47 Å². The Morgan fingerprint density at radius 1 is 1.10 bits per heavy atom. The van der Waals surface area contributed by atoms with E-state index < -0.39 is 0 Å². The van der Waals surface area contributed by atoms with Gasteiger partial charge >= 0.3 is 0 Å². The molecule has 1 aromatic rings. The molecule has 0 heterocycles. The molecule has 1 aromatic carbocycles. The molecule has 0 bridgehead atoms. The summed E-state index contributed by atoms with van der Waals surface area (Å²) < 4.78 is 10.7. The summed E-state index contributed by atoms with van der Waals surface area (Å²) in [6, 6.07) is 8.68. The Labute approximate surface area is 129 Å². The Balaban J connectivity index is 2.33. The van der Waals surface area contributed by atoms with E-state index in [0.717, 1.165) is 32.0 Å². The maximum absolute atomic E-state index is 5.66. The predicted molar refractivity (Wildman–Crippen MR) is 88.0 cm³/mol. The first-order valence-electron chi connectivity index (χ1n) is 7.70. The van der Waals surface area contributed by atoms with Crippen molar-refractivity contribution in [2.24, 2.45) is 0 Å². The number of hydrogen-bond acceptors (Lipinski definition) is 4. The molecule has 4 heteroatoms. The maximum atomic E-state index is 5.66. The van der Waals surface area contributed by atoms with Crippen LogP contribution in [0.4, 0.5) is 0 Å². The molecule has 0 fully saturated rings. The van der Waals surface area contributed by atoms with Crippen LogP contribution >= 0.6 is 0 Å². The van der Waals surface area contributed by atoms with Crippen molar-refractivity contribution in [3.05, 3.63) is 29.8 Å². The van der Waals surface area contributed by atoms with Crippen LogP contribution in [0.1, 0.15) is 32.4 Å². The van der Waals surface area contributed by atoms with Crippen LogP contribution in [0.25, 0.3) is 0 Å². The number of rotatable bonds is 10. The lowest BCUT2D eigenvalue weighted by atomic mass is 10.1. The summed E-state index contributed by atoms with van der Waals surface area (Å²) in [5, 5.41) is 3.54. The molecule has 0 aromatic heterocycles. The molecule has 0 saturated carbocycles. The molecule has 0 aliphatic heterocycles. The minimum atomic E-state index is 0.217. The number of hydrogen-bond donors (Lipinski definition) is 1. The van der Waals surface area contributed by atoms with Crippen molar-refractivity contribution in [3.8, 4) is 5.75 Å². The minimum Gasteiger partial charge on any atom is -0.491 e. The van der Waals surface area contributed by atoms with Gasteiger partial charge in [-0.15, -0.1) is 0 Å². The molecule has 1 N–H and O–H groups in total. The molecule has 0 saturated heterocycles. The first kappa shape index (κ1) is 18.0. The Morgan fingerprint density at radius 2 is 1.76 bits per heavy atom. The quantitative estimate of drug-likeness (QED) is 0.719. The van der Waals surface area contributed by atoms with Gasteiger partial charge in [0.15, 0.2) is 0 Å². The molecule has 1 atom stereocenters. The zero-order valence-electron chi connectivity index (χ0n) is 14.1. The van der Waals surface area contributed by atoms with Crippen molar-refractivity contribution in [1.82, 2.24) is 10.2 Å². The standard InChI is InChI=1S/C17H30N2O2/c1-14(2)21-17-8-6-16(7-9-17)15(3)18-10-11-19(4)12-13-20-5/h6-9,14-15,18H,10-13H2,1-5H3. The second-order valence-electron chi connectivity index (χ2n) is 5.71. The smallest absolute Gasteiger partial charge is 0.119 e. The maximum Gasteiger partial charge on any atom is 0.119 e. The third kappa shape index (κ3) is 7.46. The van der Waals surface area contributed by atoms with Crippen molar-refractivity contribution in [2.45, 2.75) is 32.9 Å². The molecule has 0 radical (unpaired) electrons. The lowest BCUT2D eigenvalue weighted by Crippen LogP contribution is -2.32. The Morgan fingerprint density at radius 3 is 2.33 bits per heavy atom. The Hall–Kier alpha value is -1.10. The molecular weight excluding hydrogens is 264 g/mol. The van der Waals surface area contributed by atoms with Gasteiger partial charge in [0.25, 0.3) is 0 Å². The van der Waals surface area contributed by atoms with Gasteiger partial charge in [-0.2, -0.15) is 0 Å². The van der Waals surface area contributed by atoms with Crippen LogP contribution in [0.15, 0.2) is 24.3 Å². The number of benzene rings is 1. The monoisotopic (exact) mass is 294 g/mol. The van der Waals surface area contributed by atoms with Crippen LogP contribution in [-0.4, -0.2) is 51.4 Å². The fourth-order valence-corrected chi connectivity index (χ4v) is 2.06. The van der Waals surface area contributed by atoms with E-state index >= 15 is 0 Å². The summed E-state index contributed by atoms with van der Waals surface area (Å²) in [5.41, 5.74) is 1.28. The van der Waals surface area contributed by atoms with Crippen LogP contribution < -0.4 is 10.1 Å². The van der Waals surface area contributed by atoms with Gasteiger partial charge in [-0.1, -0.05) is 12.1 Å². The summed E-state index contributed by atoms with van der Waals surface area (Å²) in [5.74, 6) is 0.931. The second-order valence-corrected chi connectivity index (χ2v) is 5.71. The summed E-state index contributed by atoms with van der Waals surface area (Å²) >= 11 is 0. The van der Waals surface area contributed by atoms with E-state index in [1.54, 1.807) is 7.11 Å².